The van der Waals surface area contributed by atoms with Gasteiger partial charge in [0, 0.05) is 43.0 Å². The second kappa shape index (κ2) is 9.59. The lowest BCUT2D eigenvalue weighted by atomic mass is 10.0. The number of ether oxygens (including phenoxy) is 1. The lowest BCUT2D eigenvalue weighted by Crippen LogP contribution is -2.39. The molecule has 2 N–H and O–H groups in total. The first kappa shape index (κ1) is 20.2. The van der Waals surface area contributed by atoms with Gasteiger partial charge in [0.15, 0.2) is 0 Å². The first-order valence-electron chi connectivity index (χ1n) is 9.27. The fourth-order valence-corrected chi connectivity index (χ4v) is 3.51. The van der Waals surface area contributed by atoms with Crippen molar-refractivity contribution in [1.29, 1.82) is 0 Å². The van der Waals surface area contributed by atoms with Crippen LogP contribution in [0.15, 0.2) is 53.0 Å². The monoisotopic (exact) mass is 445 g/mol. The zero-order chi connectivity index (χ0) is 19.9. The third kappa shape index (κ3) is 5.48. The topological polar surface area (TPSA) is 70.7 Å². The summed E-state index contributed by atoms with van der Waals surface area (Å²) in [4.78, 5) is 26.1. The number of amides is 3. The number of rotatable bonds is 6. The number of nitrogens with one attached hydrogen (secondary N) is 2. The van der Waals surface area contributed by atoms with E-state index in [0.29, 0.717) is 19.7 Å². The van der Waals surface area contributed by atoms with Crippen molar-refractivity contribution < 1.29 is 14.3 Å². The van der Waals surface area contributed by atoms with Gasteiger partial charge in [0.25, 0.3) is 0 Å². The molecule has 1 aliphatic heterocycles. The first-order valence-corrected chi connectivity index (χ1v) is 10.1. The van der Waals surface area contributed by atoms with Gasteiger partial charge in [-0.2, -0.15) is 0 Å². The molecule has 148 valence electrons. The Morgan fingerprint density at radius 1 is 1.21 bits per heavy atom. The van der Waals surface area contributed by atoms with Crippen LogP contribution in [-0.4, -0.2) is 37.0 Å². The molecule has 2 aromatic carbocycles. The Hall–Kier alpha value is -2.54. The van der Waals surface area contributed by atoms with Gasteiger partial charge in [-0.1, -0.05) is 46.3 Å². The van der Waals surface area contributed by atoms with Crippen molar-refractivity contribution in [3.8, 4) is 5.75 Å². The van der Waals surface area contributed by atoms with Crippen LogP contribution in [0.1, 0.15) is 30.0 Å². The average Bonchev–Trinajstić information content (AvgIpc) is 2.69. The molecule has 1 unspecified atom stereocenters. The Labute approximate surface area is 173 Å². The highest BCUT2D eigenvalue weighted by Crippen LogP contribution is 2.34. The quantitative estimate of drug-likeness (QED) is 0.712. The molecule has 1 atom stereocenters. The maximum absolute atomic E-state index is 12.3. The molecule has 0 bridgehead atoms. The van der Waals surface area contributed by atoms with Crippen LogP contribution in [0.2, 0.25) is 0 Å². The predicted molar refractivity (Wildman–Crippen MR) is 111 cm³/mol. The number of hydrogen-bond donors (Lipinski definition) is 2. The van der Waals surface area contributed by atoms with Crippen molar-refractivity contribution in [2.24, 2.45) is 0 Å². The van der Waals surface area contributed by atoms with Crippen molar-refractivity contribution in [1.82, 2.24) is 15.5 Å². The van der Waals surface area contributed by atoms with Crippen LogP contribution >= 0.6 is 15.9 Å². The predicted octanol–water partition coefficient (Wildman–Crippen LogP) is 3.62. The minimum Gasteiger partial charge on any atom is -0.493 e. The number of urea groups is 1. The Kier molecular flexibility index (Phi) is 6.92. The van der Waals surface area contributed by atoms with Crippen molar-refractivity contribution in [3.63, 3.8) is 0 Å². The molecule has 0 saturated carbocycles. The number of hydrogen-bond acceptors (Lipinski definition) is 3. The highest BCUT2D eigenvalue weighted by atomic mass is 79.9. The standard InChI is InChI=1S/C21H24BrN3O3/c1-25(14-15-5-3-2-4-6-15)21(27)23-11-9-20(26)24-18-10-12-28-19-8-7-16(22)13-17(18)19/h2-8,13,18H,9-12,14H2,1H3,(H,23,27)(H,24,26). The molecular formula is C21H24BrN3O3. The summed E-state index contributed by atoms with van der Waals surface area (Å²) in [6.07, 6.45) is 0.951. The van der Waals surface area contributed by atoms with Crippen LogP contribution in [0.25, 0.3) is 0 Å². The number of carbonyl (C=O) groups is 2. The lowest BCUT2D eigenvalue weighted by Gasteiger charge is -2.27. The zero-order valence-corrected chi connectivity index (χ0v) is 17.4. The summed E-state index contributed by atoms with van der Waals surface area (Å²) in [5.41, 5.74) is 2.03. The minimum absolute atomic E-state index is 0.0785. The van der Waals surface area contributed by atoms with Gasteiger partial charge in [-0.25, -0.2) is 4.79 Å². The van der Waals surface area contributed by atoms with Crippen LogP contribution in [0.3, 0.4) is 0 Å². The van der Waals surface area contributed by atoms with Crippen LogP contribution in [0, 0.1) is 0 Å². The average molecular weight is 446 g/mol. The number of nitrogens with zero attached hydrogens (tertiary/aromatic N) is 1. The third-order valence-corrected chi connectivity index (χ3v) is 5.08. The largest absolute Gasteiger partial charge is 0.493 e. The number of halogens is 1. The van der Waals surface area contributed by atoms with E-state index in [1.165, 1.54) is 0 Å². The van der Waals surface area contributed by atoms with Gasteiger partial charge in [0.1, 0.15) is 5.75 Å². The SMILES string of the molecule is CN(Cc1ccccc1)C(=O)NCCC(=O)NC1CCOc2ccc(Br)cc21. The molecule has 3 amide bonds. The Morgan fingerprint density at radius 2 is 2.00 bits per heavy atom. The molecule has 0 spiro atoms. The minimum atomic E-state index is -0.197. The normalized spacial score (nSPS) is 15.1. The fraction of sp³-hybridized carbons (Fsp3) is 0.333. The Balaban J connectivity index is 1.44. The highest BCUT2D eigenvalue weighted by Gasteiger charge is 2.23. The van der Waals surface area contributed by atoms with Gasteiger partial charge in [0.05, 0.1) is 12.6 Å². The summed E-state index contributed by atoms with van der Waals surface area (Å²) < 4.78 is 6.59. The fourth-order valence-electron chi connectivity index (χ4n) is 3.13. The summed E-state index contributed by atoms with van der Waals surface area (Å²) in [5.74, 6) is 0.708. The molecular weight excluding hydrogens is 422 g/mol. The van der Waals surface area contributed by atoms with Crippen LogP contribution in [0.5, 0.6) is 5.75 Å². The van der Waals surface area contributed by atoms with E-state index < -0.39 is 0 Å². The molecule has 0 aromatic heterocycles. The second-order valence-electron chi connectivity index (χ2n) is 6.76. The van der Waals surface area contributed by atoms with E-state index in [4.69, 9.17) is 4.74 Å². The lowest BCUT2D eigenvalue weighted by molar-refractivity contribution is -0.121. The first-order chi connectivity index (χ1) is 13.5. The van der Waals surface area contributed by atoms with E-state index >= 15 is 0 Å². The van der Waals surface area contributed by atoms with Gasteiger partial charge in [0.2, 0.25) is 5.91 Å². The summed E-state index contributed by atoms with van der Waals surface area (Å²) in [6, 6.07) is 15.3. The molecule has 7 heteroatoms. The second-order valence-corrected chi connectivity index (χ2v) is 7.68. The van der Waals surface area contributed by atoms with Gasteiger partial charge < -0.3 is 20.3 Å². The van der Waals surface area contributed by atoms with E-state index in [-0.39, 0.29) is 24.4 Å². The Bertz CT molecular complexity index is 829. The third-order valence-electron chi connectivity index (χ3n) is 4.58. The van der Waals surface area contributed by atoms with Crippen molar-refractivity contribution >= 4 is 27.9 Å². The molecule has 0 fully saturated rings. The smallest absolute Gasteiger partial charge is 0.317 e. The summed E-state index contributed by atoms with van der Waals surface area (Å²) in [6.45, 7) is 1.38. The molecule has 1 heterocycles. The van der Waals surface area contributed by atoms with Crippen LogP contribution < -0.4 is 15.4 Å². The van der Waals surface area contributed by atoms with Crippen LogP contribution in [0.4, 0.5) is 4.79 Å². The maximum Gasteiger partial charge on any atom is 0.317 e. The molecule has 0 aliphatic carbocycles. The van der Waals surface area contributed by atoms with Gasteiger partial charge in [-0.05, 0) is 23.8 Å². The van der Waals surface area contributed by atoms with E-state index in [1.807, 2.05) is 48.5 Å². The number of benzene rings is 2. The van der Waals surface area contributed by atoms with Crippen molar-refractivity contribution in [2.45, 2.75) is 25.4 Å². The van der Waals surface area contributed by atoms with Gasteiger partial charge >= 0.3 is 6.03 Å². The molecule has 0 saturated heterocycles. The molecule has 2 aromatic rings. The van der Waals surface area contributed by atoms with E-state index in [2.05, 4.69) is 26.6 Å². The van der Waals surface area contributed by atoms with Gasteiger partial charge in [-0.15, -0.1) is 0 Å². The van der Waals surface area contributed by atoms with Gasteiger partial charge in [-0.3, -0.25) is 4.79 Å². The molecule has 6 nitrogen and oxygen atoms in total. The zero-order valence-electron chi connectivity index (χ0n) is 15.8. The summed E-state index contributed by atoms with van der Waals surface area (Å²) in [7, 11) is 1.74. The maximum atomic E-state index is 12.3. The molecule has 1 aliphatic rings. The number of carbonyl (C=O) groups excluding carboxylic acids is 2. The van der Waals surface area contributed by atoms with Crippen LogP contribution in [-0.2, 0) is 11.3 Å². The summed E-state index contributed by atoms with van der Waals surface area (Å²) >= 11 is 3.46. The van der Waals surface area contributed by atoms with E-state index in [9.17, 15) is 9.59 Å². The summed E-state index contributed by atoms with van der Waals surface area (Å²) in [5, 5.41) is 5.83. The van der Waals surface area contributed by atoms with E-state index in [0.717, 1.165) is 27.8 Å². The number of fused-ring (bicyclic) bond motifs is 1. The Morgan fingerprint density at radius 3 is 2.79 bits per heavy atom. The van der Waals surface area contributed by atoms with Crippen molar-refractivity contribution in [2.75, 3.05) is 20.2 Å². The van der Waals surface area contributed by atoms with E-state index in [1.54, 1.807) is 11.9 Å². The van der Waals surface area contributed by atoms with Crippen molar-refractivity contribution in [3.05, 3.63) is 64.1 Å². The molecule has 0 radical (unpaired) electrons. The molecule has 28 heavy (non-hydrogen) atoms. The highest BCUT2D eigenvalue weighted by molar-refractivity contribution is 9.10. The molecule has 3 rings (SSSR count).